The zero-order chi connectivity index (χ0) is 15.6. The Bertz CT molecular complexity index is 648. The zero-order valence-electron chi connectivity index (χ0n) is 11.5. The van der Waals surface area contributed by atoms with Gasteiger partial charge in [-0.1, -0.05) is 15.9 Å². The summed E-state index contributed by atoms with van der Waals surface area (Å²) in [5.74, 6) is -0.317. The molecule has 1 aromatic carbocycles. The quantitative estimate of drug-likeness (QED) is 0.829. The van der Waals surface area contributed by atoms with Crippen LogP contribution in [-0.2, 0) is 14.8 Å². The summed E-state index contributed by atoms with van der Waals surface area (Å²) in [5, 5.41) is 7.99. The number of primary sulfonamides is 1. The maximum absolute atomic E-state index is 12.2. The predicted molar refractivity (Wildman–Crippen MR) is 81.4 cm³/mol. The summed E-state index contributed by atoms with van der Waals surface area (Å²) in [4.78, 5) is 12.1. The van der Waals surface area contributed by atoms with Gasteiger partial charge in [0.25, 0.3) is 5.91 Å². The van der Waals surface area contributed by atoms with Gasteiger partial charge in [0.1, 0.15) is 0 Å². The van der Waals surface area contributed by atoms with E-state index in [1.807, 2.05) is 0 Å². The molecular formula is C13H17BrN2O4S. The minimum atomic E-state index is -3.85. The first-order valence-corrected chi connectivity index (χ1v) is 8.80. The number of nitrogens with one attached hydrogen (secondary N) is 1. The zero-order valence-corrected chi connectivity index (χ0v) is 13.9. The number of carbonyl (C=O) groups is 1. The van der Waals surface area contributed by atoms with Crippen LogP contribution in [0.1, 0.15) is 29.6 Å². The van der Waals surface area contributed by atoms with Crippen LogP contribution in [0.3, 0.4) is 0 Å². The van der Waals surface area contributed by atoms with Crippen molar-refractivity contribution in [2.45, 2.75) is 36.3 Å². The molecule has 0 saturated heterocycles. The van der Waals surface area contributed by atoms with E-state index < -0.39 is 10.0 Å². The van der Waals surface area contributed by atoms with E-state index in [-0.39, 0.29) is 28.5 Å². The van der Waals surface area contributed by atoms with E-state index in [0.717, 1.165) is 19.3 Å². The van der Waals surface area contributed by atoms with E-state index in [1.54, 1.807) is 13.2 Å². The standard InChI is InChI=1S/C13H17BrN2O4S/c1-20-11-3-2-10(7-11)16-13(17)8-4-9(14)6-12(5-8)21(15,18)19/h4-6,10-11H,2-3,7H2,1H3,(H,16,17)(H2,15,18,19). The van der Waals surface area contributed by atoms with E-state index in [0.29, 0.717) is 4.47 Å². The average Bonchev–Trinajstić information content (AvgIpc) is 2.84. The highest BCUT2D eigenvalue weighted by molar-refractivity contribution is 9.10. The number of ether oxygens (including phenoxy) is 1. The molecule has 2 unspecified atom stereocenters. The number of rotatable bonds is 4. The van der Waals surface area contributed by atoms with Crippen molar-refractivity contribution in [2.75, 3.05) is 7.11 Å². The molecule has 1 fully saturated rings. The number of halogens is 1. The summed E-state index contributed by atoms with van der Waals surface area (Å²) in [6.45, 7) is 0. The molecule has 1 aliphatic rings. The van der Waals surface area contributed by atoms with Gasteiger partial charge in [0.05, 0.1) is 11.0 Å². The highest BCUT2D eigenvalue weighted by Crippen LogP contribution is 2.23. The number of amides is 1. The van der Waals surface area contributed by atoms with Crippen LogP contribution < -0.4 is 10.5 Å². The molecule has 1 saturated carbocycles. The first-order chi connectivity index (χ1) is 9.79. The Morgan fingerprint density at radius 3 is 2.67 bits per heavy atom. The van der Waals surface area contributed by atoms with Crippen molar-refractivity contribution in [3.63, 3.8) is 0 Å². The van der Waals surface area contributed by atoms with Gasteiger partial charge in [-0.05, 0) is 37.5 Å². The Morgan fingerprint density at radius 2 is 2.10 bits per heavy atom. The topological polar surface area (TPSA) is 98.5 Å². The Hall–Kier alpha value is -0.960. The molecule has 1 aromatic rings. The number of sulfonamides is 1. The Labute approximate surface area is 132 Å². The molecule has 1 aliphatic carbocycles. The Balaban J connectivity index is 2.15. The third-order valence-electron chi connectivity index (χ3n) is 3.52. The normalized spacial score (nSPS) is 22.2. The third kappa shape index (κ3) is 4.26. The van der Waals surface area contributed by atoms with Gasteiger partial charge in [-0.2, -0.15) is 0 Å². The number of hydrogen-bond acceptors (Lipinski definition) is 4. The highest BCUT2D eigenvalue weighted by Gasteiger charge is 2.26. The monoisotopic (exact) mass is 376 g/mol. The molecule has 21 heavy (non-hydrogen) atoms. The van der Waals surface area contributed by atoms with E-state index in [1.165, 1.54) is 12.1 Å². The first kappa shape index (κ1) is 16.4. The number of benzene rings is 1. The lowest BCUT2D eigenvalue weighted by atomic mass is 10.2. The fourth-order valence-corrected chi connectivity index (χ4v) is 3.64. The molecule has 0 aliphatic heterocycles. The Morgan fingerprint density at radius 1 is 1.38 bits per heavy atom. The van der Waals surface area contributed by atoms with Gasteiger partial charge < -0.3 is 10.1 Å². The van der Waals surface area contributed by atoms with Gasteiger partial charge in [0.2, 0.25) is 10.0 Å². The van der Waals surface area contributed by atoms with Gasteiger partial charge in [-0.15, -0.1) is 0 Å². The molecule has 0 spiro atoms. The second-order valence-corrected chi connectivity index (χ2v) is 7.54. The van der Waals surface area contributed by atoms with Gasteiger partial charge in [-0.25, -0.2) is 13.6 Å². The SMILES string of the molecule is COC1CCC(NC(=O)c2cc(Br)cc(S(N)(=O)=O)c2)C1. The lowest BCUT2D eigenvalue weighted by molar-refractivity contribution is 0.0914. The van der Waals surface area contributed by atoms with Crippen LogP contribution in [-0.4, -0.2) is 33.6 Å². The summed E-state index contributed by atoms with van der Waals surface area (Å²) >= 11 is 3.19. The van der Waals surface area contributed by atoms with Gasteiger partial charge >= 0.3 is 0 Å². The van der Waals surface area contributed by atoms with Gasteiger partial charge in [-0.3, -0.25) is 4.79 Å². The number of nitrogens with two attached hydrogens (primary N) is 1. The van der Waals surface area contributed by atoms with E-state index in [9.17, 15) is 13.2 Å². The average molecular weight is 377 g/mol. The minimum absolute atomic E-state index is 0.0411. The number of carbonyl (C=O) groups excluding carboxylic acids is 1. The van der Waals surface area contributed by atoms with Crippen molar-refractivity contribution in [1.82, 2.24) is 5.32 Å². The van der Waals surface area contributed by atoms with Gasteiger partial charge in [0.15, 0.2) is 0 Å². The molecule has 1 amide bonds. The van der Waals surface area contributed by atoms with Crippen LogP contribution in [0.2, 0.25) is 0 Å². The summed E-state index contributed by atoms with van der Waals surface area (Å²) in [5.41, 5.74) is 0.259. The van der Waals surface area contributed by atoms with Crippen molar-refractivity contribution >= 4 is 31.9 Å². The number of hydrogen-bond donors (Lipinski definition) is 2. The van der Waals surface area contributed by atoms with Crippen LogP contribution in [0.5, 0.6) is 0 Å². The fourth-order valence-electron chi connectivity index (χ4n) is 2.41. The van der Waals surface area contributed by atoms with E-state index >= 15 is 0 Å². The molecule has 116 valence electrons. The summed E-state index contributed by atoms with van der Waals surface area (Å²) < 4.78 is 28.5. The maximum Gasteiger partial charge on any atom is 0.251 e. The molecule has 2 atom stereocenters. The van der Waals surface area contributed by atoms with Crippen LogP contribution >= 0.6 is 15.9 Å². The van der Waals surface area contributed by atoms with Crippen LogP contribution in [0.25, 0.3) is 0 Å². The summed E-state index contributed by atoms with van der Waals surface area (Å²) in [6.07, 6.45) is 2.68. The van der Waals surface area contributed by atoms with E-state index in [2.05, 4.69) is 21.2 Å². The molecule has 3 N–H and O–H groups in total. The lowest BCUT2D eigenvalue weighted by Gasteiger charge is -2.13. The Kier molecular flexibility index (Phi) is 5.03. The van der Waals surface area contributed by atoms with Crippen LogP contribution in [0.4, 0.5) is 0 Å². The second-order valence-electron chi connectivity index (χ2n) is 5.06. The van der Waals surface area contributed by atoms with Crippen molar-refractivity contribution in [3.05, 3.63) is 28.2 Å². The van der Waals surface area contributed by atoms with E-state index in [4.69, 9.17) is 9.88 Å². The molecule has 0 bridgehead atoms. The van der Waals surface area contributed by atoms with Crippen LogP contribution in [0, 0.1) is 0 Å². The van der Waals surface area contributed by atoms with Crippen molar-refractivity contribution < 1.29 is 17.9 Å². The van der Waals surface area contributed by atoms with Crippen LogP contribution in [0.15, 0.2) is 27.6 Å². The van der Waals surface area contributed by atoms with Crippen molar-refractivity contribution in [2.24, 2.45) is 5.14 Å². The molecule has 6 nitrogen and oxygen atoms in total. The van der Waals surface area contributed by atoms with Crippen molar-refractivity contribution in [1.29, 1.82) is 0 Å². The van der Waals surface area contributed by atoms with Gasteiger partial charge in [0, 0.05) is 23.2 Å². The smallest absolute Gasteiger partial charge is 0.251 e. The molecule has 0 heterocycles. The lowest BCUT2D eigenvalue weighted by Crippen LogP contribution is -2.33. The molecule has 0 radical (unpaired) electrons. The van der Waals surface area contributed by atoms with Crippen molar-refractivity contribution in [3.8, 4) is 0 Å². The highest BCUT2D eigenvalue weighted by atomic mass is 79.9. The largest absolute Gasteiger partial charge is 0.381 e. The first-order valence-electron chi connectivity index (χ1n) is 6.46. The molecular weight excluding hydrogens is 360 g/mol. The summed E-state index contributed by atoms with van der Waals surface area (Å²) in [6, 6.07) is 4.24. The molecule has 2 rings (SSSR count). The molecule has 0 aromatic heterocycles. The predicted octanol–water partition coefficient (Wildman–Crippen LogP) is 1.39. The fraction of sp³-hybridized carbons (Fsp3) is 0.462. The third-order valence-corrected chi connectivity index (χ3v) is 4.87. The minimum Gasteiger partial charge on any atom is -0.381 e. The molecule has 8 heteroatoms. The summed E-state index contributed by atoms with van der Waals surface area (Å²) in [7, 11) is -2.20. The number of methoxy groups -OCH3 is 1. The second kappa shape index (κ2) is 6.43. The maximum atomic E-state index is 12.2.